The third-order valence-electron chi connectivity index (χ3n) is 3.53. The summed E-state index contributed by atoms with van der Waals surface area (Å²) in [4.78, 5) is 24.6. The minimum atomic E-state index is -0.539. The number of hydrogen-bond donors (Lipinski definition) is 1. The summed E-state index contributed by atoms with van der Waals surface area (Å²) in [6.45, 7) is 6.28. The van der Waals surface area contributed by atoms with Crippen LogP contribution in [0.5, 0.6) is 0 Å². The van der Waals surface area contributed by atoms with Crippen LogP contribution in [0, 0.1) is 0 Å². The maximum absolute atomic E-state index is 12.4. The van der Waals surface area contributed by atoms with Gasteiger partial charge in [-0.1, -0.05) is 48.8 Å². The van der Waals surface area contributed by atoms with Crippen molar-refractivity contribution in [3.63, 3.8) is 0 Å². The van der Waals surface area contributed by atoms with Gasteiger partial charge in [0.2, 0.25) is 0 Å². The molecule has 120 valence electrons. The summed E-state index contributed by atoms with van der Waals surface area (Å²) >= 11 is 3.30. The molecule has 2 aromatic rings. The highest BCUT2D eigenvalue weighted by Gasteiger charge is 2.22. The zero-order valence-corrected chi connectivity index (χ0v) is 14.9. The molecule has 2 amide bonds. The average Bonchev–Trinajstić information content (AvgIpc) is 2.53. The van der Waals surface area contributed by atoms with E-state index >= 15 is 0 Å². The van der Waals surface area contributed by atoms with Crippen molar-refractivity contribution >= 4 is 27.7 Å². The summed E-state index contributed by atoms with van der Waals surface area (Å²) in [5.74, 6) is 4.64. The molecule has 0 spiro atoms. The summed E-state index contributed by atoms with van der Waals surface area (Å²) < 4.78 is 0.849. The first-order chi connectivity index (χ1) is 10.7. The van der Waals surface area contributed by atoms with Gasteiger partial charge in [-0.15, -0.1) is 0 Å². The van der Waals surface area contributed by atoms with Crippen molar-refractivity contribution < 1.29 is 9.59 Å². The number of amides is 2. The van der Waals surface area contributed by atoms with Gasteiger partial charge in [0.15, 0.2) is 0 Å². The molecule has 0 aromatic heterocycles. The Hall–Kier alpha value is -1.98. The summed E-state index contributed by atoms with van der Waals surface area (Å²) in [7, 11) is 0. The number of halogens is 1. The van der Waals surface area contributed by atoms with Crippen molar-refractivity contribution in [3.8, 4) is 0 Å². The number of carbonyl (C=O) groups is 2. The molecule has 5 heteroatoms. The van der Waals surface area contributed by atoms with Gasteiger partial charge in [-0.05, 0) is 47.4 Å². The summed E-state index contributed by atoms with van der Waals surface area (Å²) in [5.41, 5.74) is 1.84. The van der Waals surface area contributed by atoms with E-state index in [0.717, 1.165) is 10.0 Å². The van der Waals surface area contributed by atoms with Gasteiger partial charge in [0.1, 0.15) is 0 Å². The quantitative estimate of drug-likeness (QED) is 0.375. The zero-order valence-electron chi connectivity index (χ0n) is 13.3. The van der Waals surface area contributed by atoms with E-state index in [2.05, 4.69) is 36.7 Å². The standard InChI is InChI=1S/C18H19BrN2O2/c1-18(2,3)14-8-4-12(5-9-14)16(22)21(20)17(23)13-6-10-15(19)11-7-13/h4-11H,20H2,1-3H3. The van der Waals surface area contributed by atoms with Gasteiger partial charge < -0.3 is 0 Å². The third-order valence-corrected chi connectivity index (χ3v) is 4.06. The molecule has 4 nitrogen and oxygen atoms in total. The lowest BCUT2D eigenvalue weighted by Gasteiger charge is -2.20. The number of hydrogen-bond acceptors (Lipinski definition) is 3. The number of carbonyl (C=O) groups excluding carboxylic acids is 2. The molecule has 0 unspecified atom stereocenters. The smallest absolute Gasteiger partial charge is 0.267 e. The van der Waals surface area contributed by atoms with E-state index in [1.54, 1.807) is 36.4 Å². The highest BCUT2D eigenvalue weighted by Crippen LogP contribution is 2.22. The molecule has 0 atom stereocenters. The molecule has 2 aromatic carbocycles. The fraction of sp³-hybridized carbons (Fsp3) is 0.222. The van der Waals surface area contributed by atoms with Crippen molar-refractivity contribution in [1.82, 2.24) is 5.01 Å². The molecule has 0 radical (unpaired) electrons. The first-order valence-electron chi connectivity index (χ1n) is 7.20. The predicted molar refractivity (Wildman–Crippen MR) is 94.0 cm³/mol. The van der Waals surface area contributed by atoms with Gasteiger partial charge in [0, 0.05) is 15.6 Å². The molecule has 0 heterocycles. The van der Waals surface area contributed by atoms with Crippen LogP contribution in [0.2, 0.25) is 0 Å². The van der Waals surface area contributed by atoms with Crippen molar-refractivity contribution in [3.05, 3.63) is 69.7 Å². The Kier molecular flexibility index (Phi) is 5.02. The Bertz CT molecular complexity index is 716. The van der Waals surface area contributed by atoms with E-state index in [9.17, 15) is 9.59 Å². The molecule has 0 aliphatic rings. The summed E-state index contributed by atoms with van der Waals surface area (Å²) in [6, 6.07) is 13.8. The van der Waals surface area contributed by atoms with Gasteiger partial charge >= 0.3 is 0 Å². The molecule has 0 saturated carbocycles. The van der Waals surface area contributed by atoms with E-state index in [4.69, 9.17) is 5.84 Å². The van der Waals surface area contributed by atoms with Gasteiger partial charge in [-0.25, -0.2) is 10.9 Å². The van der Waals surface area contributed by atoms with Crippen molar-refractivity contribution in [2.24, 2.45) is 5.84 Å². The van der Waals surface area contributed by atoms with Gasteiger partial charge in [0.25, 0.3) is 11.8 Å². The van der Waals surface area contributed by atoms with Crippen LogP contribution in [0.4, 0.5) is 0 Å². The van der Waals surface area contributed by atoms with Crippen LogP contribution < -0.4 is 5.84 Å². The molecule has 2 rings (SSSR count). The Labute approximate surface area is 144 Å². The van der Waals surface area contributed by atoms with E-state index in [1.165, 1.54) is 0 Å². The molecule has 23 heavy (non-hydrogen) atoms. The highest BCUT2D eigenvalue weighted by atomic mass is 79.9. The molecular formula is C18H19BrN2O2. The second-order valence-corrected chi connectivity index (χ2v) is 7.23. The third kappa shape index (κ3) is 4.06. The molecular weight excluding hydrogens is 356 g/mol. The van der Waals surface area contributed by atoms with Crippen LogP contribution in [0.15, 0.2) is 53.0 Å². The monoisotopic (exact) mass is 374 g/mol. The predicted octanol–water partition coefficient (Wildman–Crippen LogP) is 3.90. The Morgan fingerprint density at radius 1 is 0.870 bits per heavy atom. The maximum Gasteiger partial charge on any atom is 0.275 e. The zero-order chi connectivity index (χ0) is 17.2. The number of benzene rings is 2. The number of hydrazine groups is 1. The first-order valence-corrected chi connectivity index (χ1v) is 7.99. The second kappa shape index (κ2) is 6.64. The minimum Gasteiger partial charge on any atom is -0.267 e. The number of nitrogens with zero attached hydrogens (tertiary/aromatic N) is 1. The second-order valence-electron chi connectivity index (χ2n) is 6.31. The molecule has 2 N–H and O–H groups in total. The molecule has 0 aliphatic heterocycles. The van der Waals surface area contributed by atoms with E-state index in [-0.39, 0.29) is 5.41 Å². The van der Waals surface area contributed by atoms with Crippen LogP contribution in [-0.4, -0.2) is 16.8 Å². The fourth-order valence-corrected chi connectivity index (χ4v) is 2.34. The molecule has 0 aliphatic carbocycles. The van der Waals surface area contributed by atoms with Crippen LogP contribution >= 0.6 is 15.9 Å². The molecule has 0 fully saturated rings. The van der Waals surface area contributed by atoms with Gasteiger partial charge in [0.05, 0.1) is 0 Å². The van der Waals surface area contributed by atoms with E-state index < -0.39 is 11.8 Å². The van der Waals surface area contributed by atoms with Crippen LogP contribution in [0.1, 0.15) is 47.1 Å². The number of imide groups is 1. The summed E-state index contributed by atoms with van der Waals surface area (Å²) in [5, 5.41) is 0.648. The summed E-state index contributed by atoms with van der Waals surface area (Å²) in [6.07, 6.45) is 0. The van der Waals surface area contributed by atoms with Gasteiger partial charge in [-0.2, -0.15) is 0 Å². The molecule has 0 bridgehead atoms. The highest BCUT2D eigenvalue weighted by molar-refractivity contribution is 9.10. The lowest BCUT2D eigenvalue weighted by atomic mass is 9.86. The van der Waals surface area contributed by atoms with E-state index in [1.807, 2.05) is 12.1 Å². The Morgan fingerprint density at radius 2 is 1.26 bits per heavy atom. The van der Waals surface area contributed by atoms with Gasteiger partial charge in [-0.3, -0.25) is 9.59 Å². The van der Waals surface area contributed by atoms with Crippen LogP contribution in [0.3, 0.4) is 0 Å². The normalized spacial score (nSPS) is 11.2. The minimum absolute atomic E-state index is 0.00275. The SMILES string of the molecule is CC(C)(C)c1ccc(C(=O)N(N)C(=O)c2ccc(Br)cc2)cc1. The number of rotatable bonds is 2. The van der Waals surface area contributed by atoms with Crippen LogP contribution in [-0.2, 0) is 5.41 Å². The molecule has 0 saturated heterocycles. The van der Waals surface area contributed by atoms with Crippen molar-refractivity contribution in [2.75, 3.05) is 0 Å². The van der Waals surface area contributed by atoms with Crippen molar-refractivity contribution in [1.29, 1.82) is 0 Å². The Morgan fingerprint density at radius 3 is 1.65 bits per heavy atom. The fourth-order valence-electron chi connectivity index (χ4n) is 2.08. The lowest BCUT2D eigenvalue weighted by molar-refractivity contribution is 0.0615. The lowest BCUT2D eigenvalue weighted by Crippen LogP contribution is -2.42. The van der Waals surface area contributed by atoms with E-state index in [0.29, 0.717) is 16.1 Å². The first kappa shape index (κ1) is 17.4. The van der Waals surface area contributed by atoms with Crippen LogP contribution in [0.25, 0.3) is 0 Å². The Balaban J connectivity index is 2.19. The topological polar surface area (TPSA) is 63.4 Å². The largest absolute Gasteiger partial charge is 0.275 e. The maximum atomic E-state index is 12.4. The average molecular weight is 375 g/mol. The van der Waals surface area contributed by atoms with Crippen molar-refractivity contribution in [2.45, 2.75) is 26.2 Å². The number of nitrogens with two attached hydrogens (primary N) is 1.